The highest BCUT2D eigenvalue weighted by atomic mass is 35.5. The summed E-state index contributed by atoms with van der Waals surface area (Å²) in [6, 6.07) is 6.00. The van der Waals surface area contributed by atoms with E-state index >= 15 is 0 Å². The quantitative estimate of drug-likeness (QED) is 0.836. The van der Waals surface area contributed by atoms with Gasteiger partial charge >= 0.3 is 0 Å². The molecule has 1 unspecified atom stereocenters. The zero-order chi connectivity index (χ0) is 15.0. The van der Waals surface area contributed by atoms with Crippen LogP contribution in [0.4, 0.5) is 5.69 Å². The second-order valence-electron chi connectivity index (χ2n) is 5.34. The maximum atomic E-state index is 9.06. The molecule has 3 rings (SSSR count). The second kappa shape index (κ2) is 5.42. The lowest BCUT2D eigenvalue weighted by atomic mass is 10.1. The number of nitrogens with zero attached hydrogens (tertiary/aromatic N) is 3. The Morgan fingerprint density at radius 3 is 2.90 bits per heavy atom. The Bertz CT molecular complexity index is 717. The van der Waals surface area contributed by atoms with Crippen molar-refractivity contribution in [1.82, 2.24) is 4.98 Å². The van der Waals surface area contributed by atoms with Crippen LogP contribution >= 0.6 is 11.6 Å². The minimum absolute atomic E-state index is 0.140. The van der Waals surface area contributed by atoms with Crippen LogP contribution in [0.5, 0.6) is 0 Å². The number of nitriles is 1. The Labute approximate surface area is 129 Å². The Morgan fingerprint density at radius 1 is 1.43 bits per heavy atom. The van der Waals surface area contributed by atoms with E-state index in [2.05, 4.69) is 16.0 Å². The predicted octanol–water partition coefficient (Wildman–Crippen LogP) is 4.16. The minimum Gasteiger partial charge on any atom is -0.444 e. The first-order chi connectivity index (χ1) is 10.1. The molecular formula is C16H16ClN3O. The lowest BCUT2D eigenvalue weighted by molar-refractivity contribution is 0.431. The van der Waals surface area contributed by atoms with Crippen LogP contribution in [-0.2, 0) is 0 Å². The van der Waals surface area contributed by atoms with Crippen LogP contribution in [-0.4, -0.2) is 11.5 Å². The van der Waals surface area contributed by atoms with Crippen molar-refractivity contribution in [3.8, 4) is 6.07 Å². The van der Waals surface area contributed by atoms with Gasteiger partial charge in [0.05, 0.1) is 16.8 Å². The molecule has 1 aromatic carbocycles. The Kier molecular flexibility index (Phi) is 3.60. The third-order valence-corrected chi connectivity index (χ3v) is 4.45. The van der Waals surface area contributed by atoms with Gasteiger partial charge in [0, 0.05) is 12.2 Å². The summed E-state index contributed by atoms with van der Waals surface area (Å²) in [5.74, 6) is 1.58. The fourth-order valence-corrected chi connectivity index (χ4v) is 3.11. The van der Waals surface area contributed by atoms with Crippen molar-refractivity contribution in [2.75, 3.05) is 11.4 Å². The number of halogens is 1. The molecule has 1 saturated heterocycles. The molecule has 1 atom stereocenters. The predicted molar refractivity (Wildman–Crippen MR) is 81.5 cm³/mol. The van der Waals surface area contributed by atoms with Gasteiger partial charge in [-0.1, -0.05) is 11.6 Å². The average molecular weight is 302 g/mol. The minimum atomic E-state index is 0.140. The Balaban J connectivity index is 2.00. The molecule has 0 N–H and O–H groups in total. The number of rotatable bonds is 2. The first kappa shape index (κ1) is 14.0. The zero-order valence-electron chi connectivity index (χ0n) is 12.1. The second-order valence-corrected chi connectivity index (χ2v) is 5.72. The third kappa shape index (κ3) is 2.38. The third-order valence-electron chi connectivity index (χ3n) is 3.96. The lowest BCUT2D eigenvalue weighted by Crippen LogP contribution is -2.23. The van der Waals surface area contributed by atoms with E-state index < -0.39 is 0 Å². The van der Waals surface area contributed by atoms with Gasteiger partial charge in [-0.25, -0.2) is 4.98 Å². The van der Waals surface area contributed by atoms with E-state index in [1.165, 1.54) is 0 Å². The molecule has 4 nitrogen and oxygen atoms in total. The number of hydrogen-bond donors (Lipinski definition) is 0. The largest absolute Gasteiger partial charge is 0.444 e. The van der Waals surface area contributed by atoms with Crippen molar-refractivity contribution < 1.29 is 4.42 Å². The molecule has 108 valence electrons. The van der Waals surface area contributed by atoms with Crippen molar-refractivity contribution in [3.05, 3.63) is 46.1 Å². The maximum Gasteiger partial charge on any atom is 0.217 e. The first-order valence-corrected chi connectivity index (χ1v) is 7.37. The average Bonchev–Trinajstić information content (AvgIpc) is 3.10. The maximum absolute atomic E-state index is 9.06. The number of anilines is 1. The molecule has 1 aliphatic heterocycles. The summed E-state index contributed by atoms with van der Waals surface area (Å²) >= 11 is 6.29. The highest BCUT2D eigenvalue weighted by Crippen LogP contribution is 2.39. The fourth-order valence-electron chi connectivity index (χ4n) is 2.91. The van der Waals surface area contributed by atoms with E-state index in [4.69, 9.17) is 21.3 Å². The van der Waals surface area contributed by atoms with Gasteiger partial charge in [0.1, 0.15) is 17.9 Å². The SMILES string of the molecule is Cc1cnc(C2CCCN2c2ccc(C#N)c(Cl)c2C)o1. The molecule has 0 aliphatic carbocycles. The molecule has 1 aliphatic rings. The van der Waals surface area contributed by atoms with Crippen molar-refractivity contribution >= 4 is 17.3 Å². The zero-order valence-corrected chi connectivity index (χ0v) is 12.8. The van der Waals surface area contributed by atoms with Crippen LogP contribution in [0.3, 0.4) is 0 Å². The standard InChI is InChI=1S/C16H16ClN3O/c1-10-9-19-16(21-10)14-4-3-7-20(14)13-6-5-12(8-18)15(17)11(13)2/h5-6,9,14H,3-4,7H2,1-2H3. The van der Waals surface area contributed by atoms with Gasteiger partial charge in [-0.15, -0.1) is 0 Å². The Morgan fingerprint density at radius 2 is 2.24 bits per heavy atom. The summed E-state index contributed by atoms with van der Waals surface area (Å²) in [4.78, 5) is 6.64. The molecule has 5 heteroatoms. The number of hydrogen-bond acceptors (Lipinski definition) is 4. The summed E-state index contributed by atoms with van der Waals surface area (Å²) in [6.07, 6.45) is 3.85. The fraction of sp³-hybridized carbons (Fsp3) is 0.375. The molecular weight excluding hydrogens is 286 g/mol. The van der Waals surface area contributed by atoms with Crippen LogP contribution in [0.2, 0.25) is 5.02 Å². The number of oxazole rings is 1. The number of aromatic nitrogens is 1. The first-order valence-electron chi connectivity index (χ1n) is 7.00. The van der Waals surface area contributed by atoms with Crippen LogP contribution in [0, 0.1) is 25.2 Å². The van der Waals surface area contributed by atoms with Crippen molar-refractivity contribution in [1.29, 1.82) is 5.26 Å². The normalized spacial score (nSPS) is 18.0. The molecule has 1 aromatic heterocycles. The van der Waals surface area contributed by atoms with E-state index in [1.807, 2.05) is 19.9 Å². The molecule has 21 heavy (non-hydrogen) atoms. The van der Waals surface area contributed by atoms with E-state index in [0.29, 0.717) is 10.6 Å². The van der Waals surface area contributed by atoms with Crippen LogP contribution in [0.25, 0.3) is 0 Å². The molecule has 1 fully saturated rings. The van der Waals surface area contributed by atoms with Gasteiger partial charge in [-0.3, -0.25) is 0 Å². The molecule has 2 heterocycles. The monoisotopic (exact) mass is 301 g/mol. The van der Waals surface area contributed by atoms with Crippen molar-refractivity contribution in [3.63, 3.8) is 0 Å². The molecule has 0 bridgehead atoms. The van der Waals surface area contributed by atoms with E-state index in [0.717, 1.165) is 42.3 Å². The molecule has 0 amide bonds. The van der Waals surface area contributed by atoms with E-state index in [1.54, 1.807) is 12.3 Å². The summed E-state index contributed by atoms with van der Waals surface area (Å²) < 4.78 is 5.70. The highest BCUT2D eigenvalue weighted by Gasteiger charge is 2.31. The van der Waals surface area contributed by atoms with Crippen molar-refractivity contribution in [2.24, 2.45) is 0 Å². The van der Waals surface area contributed by atoms with Gasteiger partial charge in [-0.05, 0) is 44.4 Å². The number of benzene rings is 1. The highest BCUT2D eigenvalue weighted by molar-refractivity contribution is 6.32. The van der Waals surface area contributed by atoms with Crippen LogP contribution in [0.15, 0.2) is 22.7 Å². The van der Waals surface area contributed by atoms with Gasteiger partial charge in [0.2, 0.25) is 5.89 Å². The topological polar surface area (TPSA) is 53.1 Å². The molecule has 2 aromatic rings. The molecule has 0 spiro atoms. The van der Waals surface area contributed by atoms with E-state index in [9.17, 15) is 0 Å². The van der Waals surface area contributed by atoms with Gasteiger partial charge < -0.3 is 9.32 Å². The molecule has 0 saturated carbocycles. The smallest absolute Gasteiger partial charge is 0.217 e. The van der Waals surface area contributed by atoms with Gasteiger partial charge in [-0.2, -0.15) is 5.26 Å². The van der Waals surface area contributed by atoms with Gasteiger partial charge in [0.25, 0.3) is 0 Å². The summed E-state index contributed by atoms with van der Waals surface area (Å²) in [7, 11) is 0. The summed E-state index contributed by atoms with van der Waals surface area (Å²) in [6.45, 7) is 4.80. The van der Waals surface area contributed by atoms with E-state index in [-0.39, 0.29) is 6.04 Å². The van der Waals surface area contributed by atoms with Crippen LogP contribution in [0.1, 0.15) is 41.7 Å². The molecule has 0 radical (unpaired) electrons. The summed E-state index contributed by atoms with van der Waals surface area (Å²) in [5.41, 5.74) is 2.50. The van der Waals surface area contributed by atoms with Crippen LogP contribution < -0.4 is 4.90 Å². The summed E-state index contributed by atoms with van der Waals surface area (Å²) in [5, 5.41) is 9.59. The van der Waals surface area contributed by atoms with Crippen molar-refractivity contribution in [2.45, 2.75) is 32.7 Å². The van der Waals surface area contributed by atoms with Gasteiger partial charge in [0.15, 0.2) is 0 Å². The Hall–Kier alpha value is -1.99. The lowest BCUT2D eigenvalue weighted by Gasteiger charge is -2.26. The number of aryl methyl sites for hydroxylation is 1.